The lowest BCUT2D eigenvalue weighted by Gasteiger charge is -2.00. The molecule has 0 fully saturated rings. The van der Waals surface area contributed by atoms with Crippen LogP contribution in [0.25, 0.3) is 23.1 Å². The van der Waals surface area contributed by atoms with Crippen molar-refractivity contribution in [1.29, 1.82) is 0 Å². The second-order valence-electron chi connectivity index (χ2n) is 5.20. The maximum Gasteiger partial charge on any atom is 0.269 e. The van der Waals surface area contributed by atoms with Crippen molar-refractivity contribution in [3.8, 4) is 0 Å². The van der Waals surface area contributed by atoms with E-state index in [4.69, 9.17) is 4.42 Å². The van der Waals surface area contributed by atoms with E-state index in [0.717, 1.165) is 11.1 Å². The molecule has 23 heavy (non-hydrogen) atoms. The number of fused-ring (bicyclic) bond motifs is 1. The third-order valence-electron chi connectivity index (χ3n) is 3.51. The van der Waals surface area contributed by atoms with Gasteiger partial charge in [-0.3, -0.25) is 14.9 Å². The largest absolute Gasteiger partial charge is 0.463 e. The van der Waals surface area contributed by atoms with Crippen molar-refractivity contribution in [1.82, 2.24) is 0 Å². The number of nitrogens with zero attached hydrogens (tertiary/aromatic N) is 1. The molecular formula is C18H13NO4. The minimum absolute atomic E-state index is 0.0304. The summed E-state index contributed by atoms with van der Waals surface area (Å²) in [5, 5.41) is 11.2. The van der Waals surface area contributed by atoms with Gasteiger partial charge < -0.3 is 4.42 Å². The fourth-order valence-electron chi connectivity index (χ4n) is 2.27. The predicted molar refractivity (Wildman–Crippen MR) is 89.2 cm³/mol. The molecule has 5 heteroatoms. The molecule has 0 saturated carbocycles. The molecule has 3 rings (SSSR count). The second-order valence-corrected chi connectivity index (χ2v) is 5.20. The van der Waals surface area contributed by atoms with E-state index in [2.05, 4.69) is 0 Å². The minimum atomic E-state index is -0.451. The van der Waals surface area contributed by atoms with Gasteiger partial charge >= 0.3 is 0 Å². The van der Waals surface area contributed by atoms with Gasteiger partial charge in [-0.05, 0) is 42.8 Å². The van der Waals surface area contributed by atoms with Gasteiger partial charge in [0.15, 0.2) is 5.43 Å². The highest BCUT2D eigenvalue weighted by Crippen LogP contribution is 2.16. The third-order valence-corrected chi connectivity index (χ3v) is 3.51. The Morgan fingerprint density at radius 1 is 1.09 bits per heavy atom. The zero-order chi connectivity index (χ0) is 16.4. The molecule has 114 valence electrons. The highest BCUT2D eigenvalue weighted by molar-refractivity contribution is 5.81. The summed E-state index contributed by atoms with van der Waals surface area (Å²) in [5.41, 5.74) is 2.66. The Balaban J connectivity index is 1.96. The topological polar surface area (TPSA) is 73.3 Å². The maximum absolute atomic E-state index is 12.4. The SMILES string of the molecule is Cc1ccc2occ(C=Cc3ccc([N+](=O)[O-])cc3)c(=O)c2c1. The van der Waals surface area contributed by atoms with E-state index in [1.54, 1.807) is 36.4 Å². The van der Waals surface area contributed by atoms with Crippen LogP contribution in [0.1, 0.15) is 16.7 Å². The second kappa shape index (κ2) is 5.88. The summed E-state index contributed by atoms with van der Waals surface area (Å²) in [4.78, 5) is 22.6. The number of rotatable bonds is 3. The zero-order valence-corrected chi connectivity index (χ0v) is 12.4. The third kappa shape index (κ3) is 3.03. The average molecular weight is 307 g/mol. The van der Waals surface area contributed by atoms with Crippen LogP contribution in [0.2, 0.25) is 0 Å². The van der Waals surface area contributed by atoms with E-state index in [1.165, 1.54) is 18.4 Å². The molecule has 0 spiro atoms. The Morgan fingerprint density at radius 3 is 2.52 bits per heavy atom. The standard InChI is InChI=1S/C18H13NO4/c1-12-2-9-17-16(10-12)18(20)14(11-23-17)6-3-13-4-7-15(8-5-13)19(21)22/h2-11H,1H3. The van der Waals surface area contributed by atoms with Crippen molar-refractivity contribution >= 4 is 28.8 Å². The normalized spacial score (nSPS) is 11.2. The first-order valence-electron chi connectivity index (χ1n) is 6.99. The molecule has 0 bridgehead atoms. The number of nitro benzene ring substituents is 1. The molecule has 0 atom stereocenters. The molecule has 1 aromatic heterocycles. The van der Waals surface area contributed by atoms with E-state index >= 15 is 0 Å². The van der Waals surface area contributed by atoms with Crippen molar-refractivity contribution in [2.75, 3.05) is 0 Å². The first-order valence-corrected chi connectivity index (χ1v) is 6.99. The summed E-state index contributed by atoms with van der Waals surface area (Å²) < 4.78 is 5.48. The van der Waals surface area contributed by atoms with Crippen LogP contribution < -0.4 is 5.43 Å². The Bertz CT molecular complexity index is 968. The number of benzene rings is 2. The molecule has 5 nitrogen and oxygen atoms in total. The Hall–Kier alpha value is -3.21. The molecule has 0 N–H and O–H groups in total. The van der Waals surface area contributed by atoms with Crippen LogP contribution in [0.15, 0.2) is 57.9 Å². The molecule has 0 radical (unpaired) electrons. The number of aryl methyl sites for hydroxylation is 1. The maximum atomic E-state index is 12.4. The summed E-state index contributed by atoms with van der Waals surface area (Å²) in [7, 11) is 0. The fourth-order valence-corrected chi connectivity index (χ4v) is 2.27. The van der Waals surface area contributed by atoms with Gasteiger partial charge in [-0.1, -0.05) is 17.7 Å². The Labute approximate surface area is 131 Å². The van der Waals surface area contributed by atoms with Crippen LogP contribution in [0.3, 0.4) is 0 Å². The van der Waals surface area contributed by atoms with Crippen LogP contribution in [0, 0.1) is 17.0 Å². The van der Waals surface area contributed by atoms with E-state index in [9.17, 15) is 14.9 Å². The molecule has 3 aromatic rings. The van der Waals surface area contributed by atoms with Gasteiger partial charge in [-0.15, -0.1) is 0 Å². The molecule has 0 aliphatic carbocycles. The molecule has 1 heterocycles. The van der Waals surface area contributed by atoms with E-state index in [-0.39, 0.29) is 11.1 Å². The summed E-state index contributed by atoms with van der Waals surface area (Å²) in [6, 6.07) is 11.6. The van der Waals surface area contributed by atoms with Crippen molar-refractivity contribution in [2.24, 2.45) is 0 Å². The summed E-state index contributed by atoms with van der Waals surface area (Å²) in [5.74, 6) is 0. The van der Waals surface area contributed by atoms with Gasteiger partial charge in [0.2, 0.25) is 0 Å². The van der Waals surface area contributed by atoms with Gasteiger partial charge in [-0.25, -0.2) is 0 Å². The van der Waals surface area contributed by atoms with Crippen LogP contribution in [-0.2, 0) is 0 Å². The van der Waals surface area contributed by atoms with Crippen molar-refractivity contribution in [3.05, 3.63) is 85.8 Å². The van der Waals surface area contributed by atoms with Crippen molar-refractivity contribution < 1.29 is 9.34 Å². The van der Waals surface area contributed by atoms with Gasteiger partial charge in [0, 0.05) is 12.1 Å². The first-order chi connectivity index (χ1) is 11.0. The lowest BCUT2D eigenvalue weighted by molar-refractivity contribution is -0.384. The lowest BCUT2D eigenvalue weighted by Crippen LogP contribution is -2.04. The molecule has 0 aliphatic rings. The van der Waals surface area contributed by atoms with Crippen molar-refractivity contribution in [2.45, 2.75) is 6.92 Å². The number of nitro groups is 1. The predicted octanol–water partition coefficient (Wildman–Crippen LogP) is 4.18. The summed E-state index contributed by atoms with van der Waals surface area (Å²) in [6.45, 7) is 1.91. The number of hydrogen-bond donors (Lipinski definition) is 0. The lowest BCUT2D eigenvalue weighted by atomic mass is 10.1. The van der Waals surface area contributed by atoms with Crippen LogP contribution in [0.4, 0.5) is 5.69 Å². The number of non-ortho nitro benzene ring substituents is 1. The molecule has 0 amide bonds. The smallest absolute Gasteiger partial charge is 0.269 e. The van der Waals surface area contributed by atoms with E-state index in [1.807, 2.05) is 13.0 Å². The van der Waals surface area contributed by atoms with E-state index < -0.39 is 4.92 Å². The van der Waals surface area contributed by atoms with Crippen molar-refractivity contribution in [3.63, 3.8) is 0 Å². The quantitative estimate of drug-likeness (QED) is 0.537. The highest BCUT2D eigenvalue weighted by atomic mass is 16.6. The molecule has 2 aromatic carbocycles. The molecule has 0 aliphatic heterocycles. The molecule has 0 saturated heterocycles. The average Bonchev–Trinajstić information content (AvgIpc) is 2.55. The summed E-state index contributed by atoms with van der Waals surface area (Å²) in [6.07, 6.45) is 4.79. The van der Waals surface area contributed by atoms with Gasteiger partial charge in [0.1, 0.15) is 11.8 Å². The van der Waals surface area contributed by atoms with Gasteiger partial charge in [-0.2, -0.15) is 0 Å². The highest BCUT2D eigenvalue weighted by Gasteiger charge is 2.05. The van der Waals surface area contributed by atoms with Crippen LogP contribution in [-0.4, -0.2) is 4.92 Å². The fraction of sp³-hybridized carbons (Fsp3) is 0.0556. The minimum Gasteiger partial charge on any atom is -0.463 e. The van der Waals surface area contributed by atoms with Gasteiger partial charge in [0.05, 0.1) is 15.9 Å². The first kappa shape index (κ1) is 14.7. The molecule has 0 unspecified atom stereocenters. The molecular weight excluding hydrogens is 294 g/mol. The Kier molecular flexibility index (Phi) is 3.76. The monoisotopic (exact) mass is 307 g/mol. The van der Waals surface area contributed by atoms with E-state index in [0.29, 0.717) is 16.5 Å². The Morgan fingerprint density at radius 2 is 1.83 bits per heavy atom. The van der Waals surface area contributed by atoms with Crippen LogP contribution in [0.5, 0.6) is 0 Å². The summed E-state index contributed by atoms with van der Waals surface area (Å²) >= 11 is 0. The number of hydrogen-bond acceptors (Lipinski definition) is 4. The van der Waals surface area contributed by atoms with Gasteiger partial charge in [0.25, 0.3) is 5.69 Å². The zero-order valence-electron chi connectivity index (χ0n) is 12.4. The van der Waals surface area contributed by atoms with Crippen LogP contribution >= 0.6 is 0 Å².